The molecule has 0 aliphatic carbocycles. The van der Waals surface area contributed by atoms with Crippen molar-refractivity contribution in [2.75, 3.05) is 0 Å². The van der Waals surface area contributed by atoms with Gasteiger partial charge in [-0.1, -0.05) is 13.8 Å². The average molecular weight is 184 g/mol. The first kappa shape index (κ1) is 9.68. The minimum Gasteiger partial charge on any atom is -0.325 e. The monoisotopic (exact) mass is 184 g/mol. The number of hydrogen-bond donors (Lipinski definition) is 1. The molecule has 0 aromatic carbocycles. The Morgan fingerprint density at radius 1 is 1.50 bits per heavy atom. The van der Waals surface area contributed by atoms with E-state index >= 15 is 0 Å². The summed E-state index contributed by atoms with van der Waals surface area (Å²) in [6, 6.07) is 0. The molecule has 0 bridgehead atoms. The number of rotatable bonds is 3. The van der Waals surface area contributed by atoms with Crippen molar-refractivity contribution in [1.82, 2.24) is 4.98 Å². The fourth-order valence-corrected chi connectivity index (χ4v) is 2.30. The van der Waals surface area contributed by atoms with Crippen LogP contribution in [0.25, 0.3) is 0 Å². The van der Waals surface area contributed by atoms with E-state index in [-0.39, 0.29) is 0 Å². The van der Waals surface area contributed by atoms with E-state index in [4.69, 9.17) is 5.73 Å². The summed E-state index contributed by atoms with van der Waals surface area (Å²) in [4.78, 5) is 5.77. The summed E-state index contributed by atoms with van der Waals surface area (Å²) in [6.45, 7) is 7.08. The molecule has 0 saturated carbocycles. The average Bonchev–Trinajstić information content (AvgIpc) is 2.31. The molecule has 68 valence electrons. The van der Waals surface area contributed by atoms with E-state index in [1.807, 2.05) is 0 Å². The van der Waals surface area contributed by atoms with Gasteiger partial charge in [-0.2, -0.15) is 0 Å². The molecular formula is C9H16N2S. The van der Waals surface area contributed by atoms with Crippen molar-refractivity contribution in [1.29, 1.82) is 0 Å². The van der Waals surface area contributed by atoms with Crippen LogP contribution in [0.2, 0.25) is 0 Å². The topological polar surface area (TPSA) is 38.9 Å². The first-order chi connectivity index (χ1) is 5.63. The largest absolute Gasteiger partial charge is 0.325 e. The highest BCUT2D eigenvalue weighted by Gasteiger charge is 2.07. The van der Waals surface area contributed by atoms with Crippen LogP contribution >= 0.6 is 11.3 Å². The fraction of sp³-hybridized carbons (Fsp3) is 0.667. The summed E-state index contributed by atoms with van der Waals surface area (Å²) in [5, 5.41) is 1.06. The van der Waals surface area contributed by atoms with Crippen molar-refractivity contribution in [3.63, 3.8) is 0 Å². The molecule has 2 N–H and O–H groups in total. The molecule has 3 heteroatoms. The Morgan fingerprint density at radius 2 is 2.17 bits per heavy atom. The Kier molecular flexibility index (Phi) is 3.23. The normalized spacial score (nSPS) is 11.1. The van der Waals surface area contributed by atoms with Crippen molar-refractivity contribution >= 4 is 11.3 Å². The molecule has 1 aromatic rings. The lowest BCUT2D eigenvalue weighted by Gasteiger charge is -2.00. The van der Waals surface area contributed by atoms with Gasteiger partial charge in [-0.15, -0.1) is 11.3 Å². The molecule has 0 amide bonds. The minimum absolute atomic E-state index is 0.573. The summed E-state index contributed by atoms with van der Waals surface area (Å²) >= 11 is 1.75. The van der Waals surface area contributed by atoms with Gasteiger partial charge < -0.3 is 5.73 Å². The maximum Gasteiger partial charge on any atom is 0.107 e. The Hall–Kier alpha value is -0.410. The molecule has 0 atom stereocenters. The highest BCUT2D eigenvalue weighted by atomic mass is 32.1. The van der Waals surface area contributed by atoms with Crippen molar-refractivity contribution in [2.45, 2.75) is 33.7 Å². The lowest BCUT2D eigenvalue weighted by atomic mass is 10.1. The van der Waals surface area contributed by atoms with Crippen LogP contribution in [-0.2, 0) is 13.0 Å². The molecule has 0 aliphatic rings. The summed E-state index contributed by atoms with van der Waals surface area (Å²) in [5.74, 6) is 0.703. The minimum atomic E-state index is 0.573. The van der Waals surface area contributed by atoms with E-state index in [1.165, 1.54) is 4.88 Å². The van der Waals surface area contributed by atoms with Crippen molar-refractivity contribution in [2.24, 2.45) is 11.7 Å². The van der Waals surface area contributed by atoms with Gasteiger partial charge in [-0.3, -0.25) is 0 Å². The summed E-state index contributed by atoms with van der Waals surface area (Å²) in [6.07, 6.45) is 1.13. The van der Waals surface area contributed by atoms with Crippen LogP contribution in [0, 0.1) is 12.8 Å². The van der Waals surface area contributed by atoms with Gasteiger partial charge in [-0.05, 0) is 19.3 Å². The van der Waals surface area contributed by atoms with E-state index < -0.39 is 0 Å². The van der Waals surface area contributed by atoms with E-state index in [0.29, 0.717) is 12.5 Å². The zero-order valence-corrected chi connectivity index (χ0v) is 8.74. The van der Waals surface area contributed by atoms with Crippen LogP contribution in [0.5, 0.6) is 0 Å². The van der Waals surface area contributed by atoms with Gasteiger partial charge >= 0.3 is 0 Å². The molecule has 12 heavy (non-hydrogen) atoms. The van der Waals surface area contributed by atoms with Crippen LogP contribution in [0.3, 0.4) is 0 Å². The maximum atomic E-state index is 5.51. The fourth-order valence-electron chi connectivity index (χ4n) is 1.14. The Morgan fingerprint density at radius 3 is 2.58 bits per heavy atom. The molecule has 2 nitrogen and oxygen atoms in total. The molecule has 0 spiro atoms. The number of nitrogens with zero attached hydrogens (tertiary/aromatic N) is 1. The number of aryl methyl sites for hydroxylation is 1. The summed E-state index contributed by atoms with van der Waals surface area (Å²) in [5.41, 5.74) is 6.67. The second-order valence-electron chi connectivity index (χ2n) is 3.42. The standard InChI is InChI=1S/C9H16N2S/c1-6(2)4-8-7(3)11-9(5-10)12-8/h6H,4-5,10H2,1-3H3. The molecule has 1 rings (SSSR count). The van der Waals surface area contributed by atoms with Crippen molar-refractivity contribution < 1.29 is 0 Å². The molecule has 0 radical (unpaired) electrons. The van der Waals surface area contributed by atoms with Gasteiger partial charge in [0.1, 0.15) is 5.01 Å². The predicted molar refractivity (Wildman–Crippen MR) is 53.3 cm³/mol. The van der Waals surface area contributed by atoms with Crippen LogP contribution in [0.4, 0.5) is 0 Å². The van der Waals surface area contributed by atoms with Gasteiger partial charge in [0, 0.05) is 11.4 Å². The van der Waals surface area contributed by atoms with Crippen molar-refractivity contribution in [3.8, 4) is 0 Å². The van der Waals surface area contributed by atoms with E-state index in [0.717, 1.165) is 17.1 Å². The highest BCUT2D eigenvalue weighted by Crippen LogP contribution is 2.20. The van der Waals surface area contributed by atoms with Gasteiger partial charge in [-0.25, -0.2) is 4.98 Å². The molecular weight excluding hydrogens is 168 g/mol. The number of nitrogens with two attached hydrogens (primary N) is 1. The third kappa shape index (κ3) is 2.29. The quantitative estimate of drug-likeness (QED) is 0.781. The van der Waals surface area contributed by atoms with Gasteiger partial charge in [0.15, 0.2) is 0 Å². The molecule has 1 aromatic heterocycles. The SMILES string of the molecule is Cc1nc(CN)sc1CC(C)C. The van der Waals surface area contributed by atoms with Crippen LogP contribution in [0.15, 0.2) is 0 Å². The number of hydrogen-bond acceptors (Lipinski definition) is 3. The number of thiazole rings is 1. The predicted octanol–water partition coefficient (Wildman–Crippen LogP) is 2.11. The molecule has 0 fully saturated rings. The first-order valence-electron chi connectivity index (χ1n) is 4.28. The van der Waals surface area contributed by atoms with Crippen LogP contribution in [0.1, 0.15) is 29.4 Å². The molecule has 0 unspecified atom stereocenters. The third-order valence-corrected chi connectivity index (χ3v) is 2.91. The molecule has 1 heterocycles. The van der Waals surface area contributed by atoms with Crippen molar-refractivity contribution in [3.05, 3.63) is 15.6 Å². The zero-order chi connectivity index (χ0) is 9.14. The maximum absolute atomic E-state index is 5.51. The highest BCUT2D eigenvalue weighted by molar-refractivity contribution is 7.11. The molecule has 0 saturated heterocycles. The Bertz CT molecular complexity index is 253. The van der Waals surface area contributed by atoms with Crippen LogP contribution < -0.4 is 5.73 Å². The van der Waals surface area contributed by atoms with Gasteiger partial charge in [0.25, 0.3) is 0 Å². The lowest BCUT2D eigenvalue weighted by molar-refractivity contribution is 0.651. The number of aromatic nitrogens is 1. The van der Waals surface area contributed by atoms with Gasteiger partial charge in [0.2, 0.25) is 0 Å². The summed E-state index contributed by atoms with van der Waals surface area (Å²) < 4.78 is 0. The van der Waals surface area contributed by atoms with E-state index in [9.17, 15) is 0 Å². The second-order valence-corrected chi connectivity index (χ2v) is 4.59. The summed E-state index contributed by atoms with van der Waals surface area (Å²) in [7, 11) is 0. The second kappa shape index (κ2) is 4.01. The first-order valence-corrected chi connectivity index (χ1v) is 5.10. The van der Waals surface area contributed by atoms with E-state index in [2.05, 4.69) is 25.8 Å². The Balaban J connectivity index is 2.77. The molecule has 0 aliphatic heterocycles. The van der Waals surface area contributed by atoms with Crippen LogP contribution in [-0.4, -0.2) is 4.98 Å². The zero-order valence-electron chi connectivity index (χ0n) is 7.92. The van der Waals surface area contributed by atoms with Gasteiger partial charge in [0.05, 0.1) is 5.69 Å². The lowest BCUT2D eigenvalue weighted by Crippen LogP contribution is -1.94. The Labute approximate surface area is 77.8 Å². The smallest absolute Gasteiger partial charge is 0.107 e. The third-order valence-electron chi connectivity index (χ3n) is 1.71. The van der Waals surface area contributed by atoms with E-state index in [1.54, 1.807) is 11.3 Å².